The van der Waals surface area contributed by atoms with Gasteiger partial charge in [0, 0.05) is 17.7 Å². The van der Waals surface area contributed by atoms with Gasteiger partial charge in [0.1, 0.15) is 23.2 Å². The van der Waals surface area contributed by atoms with Crippen molar-refractivity contribution in [1.29, 1.82) is 0 Å². The fourth-order valence-corrected chi connectivity index (χ4v) is 3.98. The summed E-state index contributed by atoms with van der Waals surface area (Å²) in [5, 5.41) is 5.28. The van der Waals surface area contributed by atoms with E-state index in [0.29, 0.717) is 12.1 Å². The van der Waals surface area contributed by atoms with Crippen LogP contribution in [0.4, 0.5) is 23.2 Å². The van der Waals surface area contributed by atoms with Crippen molar-refractivity contribution in [2.45, 2.75) is 18.4 Å². The molecule has 0 fully saturated rings. The van der Waals surface area contributed by atoms with Gasteiger partial charge in [-0.3, -0.25) is 0 Å². The van der Waals surface area contributed by atoms with Crippen molar-refractivity contribution in [1.82, 2.24) is 0 Å². The highest BCUT2D eigenvalue weighted by Gasteiger charge is 2.58. The van der Waals surface area contributed by atoms with Crippen LogP contribution in [0.5, 0.6) is 0 Å². The maximum atomic E-state index is 14.8. The maximum Gasteiger partial charge on any atom is 0.334 e. The summed E-state index contributed by atoms with van der Waals surface area (Å²) in [6.07, 6.45) is 0. The number of hydrazone groups is 1. The number of hydrogen-bond acceptors (Lipinski definition) is 5. The number of carbonyl (C=O) groups excluding carboxylic acids is 1. The van der Waals surface area contributed by atoms with Crippen LogP contribution in [0.15, 0.2) is 58.0 Å². The van der Waals surface area contributed by atoms with Gasteiger partial charge in [0.2, 0.25) is 0 Å². The fourth-order valence-electron chi connectivity index (χ4n) is 3.83. The summed E-state index contributed by atoms with van der Waals surface area (Å²) < 4.78 is 67.0. The van der Waals surface area contributed by atoms with Crippen LogP contribution in [-0.4, -0.2) is 24.3 Å². The molecule has 0 saturated carbocycles. The van der Waals surface area contributed by atoms with Crippen LogP contribution in [0.2, 0.25) is 5.22 Å². The number of anilines is 1. The Morgan fingerprint density at radius 2 is 1.72 bits per heavy atom. The molecule has 2 heterocycles. The molecule has 166 valence electrons. The van der Waals surface area contributed by atoms with Crippen LogP contribution in [0.3, 0.4) is 0 Å². The van der Waals surface area contributed by atoms with E-state index in [9.17, 15) is 22.4 Å². The van der Waals surface area contributed by atoms with E-state index < -0.39 is 40.7 Å². The minimum absolute atomic E-state index is 0.0162. The van der Waals surface area contributed by atoms with Crippen molar-refractivity contribution in [2.75, 3.05) is 12.1 Å². The molecular formula is C22H15ClF4N2O3. The first-order chi connectivity index (χ1) is 15.2. The topological polar surface area (TPSA) is 55.0 Å². The summed E-state index contributed by atoms with van der Waals surface area (Å²) in [4.78, 5) is 13.0. The minimum Gasteiger partial charge on any atom is -0.467 e. The molecule has 2 unspecified atom stereocenters. The van der Waals surface area contributed by atoms with Gasteiger partial charge >= 0.3 is 5.97 Å². The number of furan rings is 1. The van der Waals surface area contributed by atoms with Crippen LogP contribution in [0.1, 0.15) is 24.2 Å². The molecule has 0 bridgehead atoms. The van der Waals surface area contributed by atoms with Crippen molar-refractivity contribution in [3.05, 3.63) is 88.3 Å². The van der Waals surface area contributed by atoms with Crippen LogP contribution in [0, 0.1) is 23.3 Å². The molecule has 0 aliphatic carbocycles. The molecule has 3 aromatic rings. The maximum absolute atomic E-state index is 14.8. The average molecular weight is 467 g/mol. The Hall–Kier alpha value is -3.33. The van der Waals surface area contributed by atoms with Gasteiger partial charge in [0.25, 0.3) is 0 Å². The van der Waals surface area contributed by atoms with E-state index >= 15 is 0 Å². The summed E-state index contributed by atoms with van der Waals surface area (Å²) in [7, 11) is 1.12. The van der Waals surface area contributed by atoms with E-state index in [0.717, 1.165) is 36.4 Å². The third kappa shape index (κ3) is 3.42. The lowest BCUT2D eigenvalue weighted by Gasteiger charge is -2.35. The number of rotatable bonds is 4. The fraction of sp³-hybridized carbons (Fsp3) is 0.182. The van der Waals surface area contributed by atoms with Gasteiger partial charge < -0.3 is 9.15 Å². The average Bonchev–Trinajstić information content (AvgIpc) is 3.29. The predicted molar refractivity (Wildman–Crippen MR) is 109 cm³/mol. The number of hydrogen-bond donors (Lipinski definition) is 0. The molecule has 1 aliphatic heterocycles. The van der Waals surface area contributed by atoms with Gasteiger partial charge in [-0.25, -0.2) is 27.4 Å². The van der Waals surface area contributed by atoms with Crippen molar-refractivity contribution >= 4 is 29.0 Å². The van der Waals surface area contributed by atoms with Gasteiger partial charge in [-0.2, -0.15) is 5.10 Å². The highest BCUT2D eigenvalue weighted by molar-refractivity contribution is 6.28. The molecule has 32 heavy (non-hydrogen) atoms. The number of methoxy groups -OCH3 is 1. The van der Waals surface area contributed by atoms with Crippen LogP contribution in [0.25, 0.3) is 0 Å². The first kappa shape index (κ1) is 21.9. The largest absolute Gasteiger partial charge is 0.467 e. The highest BCUT2D eigenvalue weighted by Crippen LogP contribution is 2.47. The number of benzene rings is 2. The van der Waals surface area contributed by atoms with Crippen LogP contribution >= 0.6 is 11.6 Å². The smallest absolute Gasteiger partial charge is 0.334 e. The van der Waals surface area contributed by atoms with Gasteiger partial charge in [0.05, 0.1) is 24.4 Å². The first-order valence-corrected chi connectivity index (χ1v) is 9.67. The molecule has 0 spiro atoms. The van der Waals surface area contributed by atoms with Crippen molar-refractivity contribution in [2.24, 2.45) is 5.10 Å². The number of carbonyl (C=O) groups is 1. The second kappa shape index (κ2) is 7.98. The molecule has 4 rings (SSSR count). The zero-order valence-corrected chi connectivity index (χ0v) is 17.5. The van der Waals surface area contributed by atoms with E-state index in [1.54, 1.807) is 0 Å². The Labute approximate surface area is 184 Å². The Kier molecular flexibility index (Phi) is 5.46. The third-order valence-corrected chi connectivity index (χ3v) is 5.51. The molecule has 1 aliphatic rings. The molecule has 2 atom stereocenters. The lowest BCUT2D eigenvalue weighted by Crippen LogP contribution is -2.53. The number of nitrogens with zero attached hydrogens (tertiary/aromatic N) is 2. The highest BCUT2D eigenvalue weighted by atomic mass is 35.5. The summed E-state index contributed by atoms with van der Waals surface area (Å²) in [5.41, 5.74) is -2.28. The van der Waals surface area contributed by atoms with Crippen molar-refractivity contribution in [3.8, 4) is 0 Å². The predicted octanol–water partition coefficient (Wildman–Crippen LogP) is 5.43. The monoisotopic (exact) mass is 466 g/mol. The lowest BCUT2D eigenvalue weighted by atomic mass is 9.78. The van der Waals surface area contributed by atoms with Gasteiger partial charge in [-0.15, -0.1) is 0 Å². The normalized spacial score (nSPS) is 20.4. The van der Waals surface area contributed by atoms with Gasteiger partial charge in [-0.1, -0.05) is 0 Å². The molecule has 0 saturated heterocycles. The summed E-state index contributed by atoms with van der Waals surface area (Å²) >= 11 is 5.93. The Bertz CT molecular complexity index is 1250. The van der Waals surface area contributed by atoms with E-state index in [-0.39, 0.29) is 27.9 Å². The van der Waals surface area contributed by atoms with E-state index in [2.05, 4.69) is 5.10 Å². The van der Waals surface area contributed by atoms with Crippen molar-refractivity contribution in [3.63, 3.8) is 0 Å². The Balaban J connectivity index is 2.01. The Morgan fingerprint density at radius 1 is 1.06 bits per heavy atom. The molecule has 2 aromatic carbocycles. The minimum atomic E-state index is -1.80. The number of esters is 1. The second-order valence-electron chi connectivity index (χ2n) is 7.23. The Morgan fingerprint density at radius 3 is 2.28 bits per heavy atom. The zero-order chi connectivity index (χ0) is 23.2. The number of ether oxygens (including phenoxy) is 1. The number of halogens is 5. The standard InChI is InChI=1S/C22H15ClF4N2O3/c1-22(21(30)31-2)19(17-7-8-18(23)32-17)20(13-5-3-11(24)9-14(13)26)28-29(22)16-6-4-12(25)10-15(16)27/h3-10,19H,1-2H3. The molecular weight excluding hydrogens is 452 g/mol. The summed E-state index contributed by atoms with van der Waals surface area (Å²) in [5.74, 6) is -5.53. The van der Waals surface area contributed by atoms with E-state index in [1.165, 1.54) is 19.1 Å². The van der Waals surface area contributed by atoms with Crippen LogP contribution < -0.4 is 5.01 Å². The van der Waals surface area contributed by atoms with Gasteiger partial charge in [-0.05, 0) is 54.9 Å². The quantitative estimate of drug-likeness (QED) is 0.380. The molecule has 5 nitrogen and oxygen atoms in total. The molecule has 0 amide bonds. The first-order valence-electron chi connectivity index (χ1n) is 9.29. The zero-order valence-electron chi connectivity index (χ0n) is 16.7. The second-order valence-corrected chi connectivity index (χ2v) is 7.60. The summed E-state index contributed by atoms with van der Waals surface area (Å²) in [6, 6.07) is 8.38. The molecule has 1 aromatic heterocycles. The third-order valence-electron chi connectivity index (χ3n) is 5.31. The molecule has 0 radical (unpaired) electrons. The van der Waals surface area contributed by atoms with Crippen LogP contribution in [-0.2, 0) is 9.53 Å². The van der Waals surface area contributed by atoms with Gasteiger partial charge in [0.15, 0.2) is 16.6 Å². The molecule has 0 N–H and O–H groups in total. The van der Waals surface area contributed by atoms with Crippen molar-refractivity contribution < 1.29 is 31.5 Å². The SMILES string of the molecule is COC(=O)C1(C)C(c2ccc(Cl)o2)C(c2ccc(F)cc2F)=NN1c1ccc(F)cc1F. The summed E-state index contributed by atoms with van der Waals surface area (Å²) in [6.45, 7) is 1.39. The van der Waals surface area contributed by atoms with E-state index in [1.807, 2.05) is 0 Å². The lowest BCUT2D eigenvalue weighted by molar-refractivity contribution is -0.146. The van der Waals surface area contributed by atoms with E-state index in [4.69, 9.17) is 20.8 Å². The molecule has 10 heteroatoms.